The summed E-state index contributed by atoms with van der Waals surface area (Å²) < 4.78 is 27.6. The Hall–Kier alpha value is -2.94. The Bertz CT molecular complexity index is 1030. The fraction of sp³-hybridized carbons (Fsp3) is 0.318. The van der Waals surface area contributed by atoms with Crippen LogP contribution in [0, 0.1) is 11.6 Å². The van der Waals surface area contributed by atoms with Gasteiger partial charge >= 0.3 is 6.03 Å². The van der Waals surface area contributed by atoms with Crippen molar-refractivity contribution >= 4 is 29.6 Å². The topological polar surface area (TPSA) is 69.7 Å². The maximum Gasteiger partial charge on any atom is 0.325 e. The maximum atomic E-state index is 14.3. The highest BCUT2D eigenvalue weighted by Crippen LogP contribution is 2.39. The maximum absolute atomic E-state index is 14.3. The summed E-state index contributed by atoms with van der Waals surface area (Å²) in [6.07, 6.45) is 0.241. The van der Waals surface area contributed by atoms with Crippen LogP contribution in [-0.2, 0) is 15.1 Å². The van der Waals surface area contributed by atoms with Gasteiger partial charge in [0.15, 0.2) is 0 Å². The molecule has 2 heterocycles. The molecule has 4 amide bonds. The lowest BCUT2D eigenvalue weighted by molar-refractivity contribution is -0.139. The average Bonchev–Trinajstić information content (AvgIpc) is 3.34. The Morgan fingerprint density at radius 3 is 2.55 bits per heavy atom. The minimum Gasteiger partial charge on any atom is -0.324 e. The third-order valence-corrected chi connectivity index (χ3v) is 6.96. The Labute approximate surface area is 182 Å². The third-order valence-electron chi connectivity index (χ3n) is 5.72. The molecule has 2 aliphatic rings. The third kappa shape index (κ3) is 3.67. The van der Waals surface area contributed by atoms with Gasteiger partial charge < -0.3 is 10.2 Å². The summed E-state index contributed by atoms with van der Waals surface area (Å²) in [5.74, 6) is -1.23. The number of carbonyl (C=O) groups excluding carboxylic acids is 3. The molecule has 0 aliphatic carbocycles. The number of hydrogen-bond donors (Lipinski definition) is 1. The first-order valence-electron chi connectivity index (χ1n) is 9.93. The van der Waals surface area contributed by atoms with Gasteiger partial charge in [0.2, 0.25) is 5.91 Å². The van der Waals surface area contributed by atoms with Crippen molar-refractivity contribution in [2.45, 2.75) is 24.3 Å². The highest BCUT2D eigenvalue weighted by atomic mass is 32.2. The molecule has 2 aromatic carbocycles. The van der Waals surface area contributed by atoms with E-state index < -0.39 is 46.9 Å². The predicted octanol–water partition coefficient (Wildman–Crippen LogP) is 3.40. The van der Waals surface area contributed by atoms with E-state index in [1.54, 1.807) is 25.1 Å². The molecular formula is C22H21F2N3O3S. The molecule has 2 aromatic rings. The molecular weight excluding hydrogens is 424 g/mol. The predicted molar refractivity (Wildman–Crippen MR) is 112 cm³/mol. The number of thioether (sulfide) groups is 1. The van der Waals surface area contributed by atoms with E-state index in [0.29, 0.717) is 23.4 Å². The number of imide groups is 1. The number of rotatable bonds is 5. The van der Waals surface area contributed by atoms with Gasteiger partial charge in [-0.3, -0.25) is 14.5 Å². The highest BCUT2D eigenvalue weighted by Gasteiger charge is 2.52. The molecule has 0 bridgehead atoms. The Morgan fingerprint density at radius 2 is 1.87 bits per heavy atom. The summed E-state index contributed by atoms with van der Waals surface area (Å²) in [5.41, 5.74) is -0.508. The monoisotopic (exact) mass is 445 g/mol. The van der Waals surface area contributed by atoms with Crippen molar-refractivity contribution in [2.75, 3.05) is 18.8 Å². The molecule has 31 heavy (non-hydrogen) atoms. The van der Waals surface area contributed by atoms with Crippen molar-refractivity contribution in [2.24, 2.45) is 0 Å². The normalized spacial score (nSPS) is 23.4. The zero-order valence-electron chi connectivity index (χ0n) is 16.8. The van der Waals surface area contributed by atoms with Crippen molar-refractivity contribution in [3.63, 3.8) is 0 Å². The summed E-state index contributed by atoms with van der Waals surface area (Å²) in [6, 6.07) is 10.9. The van der Waals surface area contributed by atoms with E-state index in [-0.39, 0.29) is 6.42 Å². The van der Waals surface area contributed by atoms with Crippen molar-refractivity contribution in [1.29, 1.82) is 0 Å². The molecule has 4 rings (SSSR count). The van der Waals surface area contributed by atoms with Crippen LogP contribution in [0.1, 0.15) is 29.8 Å². The summed E-state index contributed by atoms with van der Waals surface area (Å²) in [5, 5.41) is 2.17. The van der Waals surface area contributed by atoms with E-state index in [1.165, 1.54) is 47.0 Å². The summed E-state index contributed by atoms with van der Waals surface area (Å²) in [4.78, 5) is 41.3. The van der Waals surface area contributed by atoms with Crippen LogP contribution in [0.5, 0.6) is 0 Å². The van der Waals surface area contributed by atoms with Gasteiger partial charge in [-0.05, 0) is 30.2 Å². The average molecular weight is 445 g/mol. The lowest BCUT2D eigenvalue weighted by atomic mass is 9.87. The highest BCUT2D eigenvalue weighted by molar-refractivity contribution is 7.99. The lowest BCUT2D eigenvalue weighted by Crippen LogP contribution is -2.45. The molecule has 2 fully saturated rings. The SMILES string of the molecule is CC[C@@]1(c2ccc(F)cc2)NC(=O)N(CC(=O)N2CCS[C@@H]2c2ccccc2F)C1=O. The molecule has 2 atom stereocenters. The van der Waals surface area contributed by atoms with Crippen LogP contribution in [0.2, 0.25) is 0 Å². The van der Waals surface area contributed by atoms with Crippen LogP contribution in [0.25, 0.3) is 0 Å². The van der Waals surface area contributed by atoms with Gasteiger partial charge in [-0.15, -0.1) is 11.8 Å². The smallest absolute Gasteiger partial charge is 0.324 e. The lowest BCUT2D eigenvalue weighted by Gasteiger charge is -2.27. The molecule has 0 aromatic heterocycles. The second-order valence-corrected chi connectivity index (χ2v) is 8.61. The number of halogens is 2. The van der Waals surface area contributed by atoms with Crippen molar-refractivity contribution in [3.05, 3.63) is 71.3 Å². The van der Waals surface area contributed by atoms with E-state index in [0.717, 1.165) is 4.90 Å². The molecule has 9 heteroatoms. The van der Waals surface area contributed by atoms with E-state index >= 15 is 0 Å². The first kappa shape index (κ1) is 21.3. The zero-order chi connectivity index (χ0) is 22.2. The number of amides is 4. The Morgan fingerprint density at radius 1 is 1.16 bits per heavy atom. The van der Waals surface area contributed by atoms with Crippen LogP contribution in [0.4, 0.5) is 13.6 Å². The summed E-state index contributed by atoms with van der Waals surface area (Å²) in [7, 11) is 0. The molecule has 0 unspecified atom stereocenters. The molecule has 2 saturated heterocycles. The Balaban J connectivity index is 1.55. The number of urea groups is 1. The number of carbonyl (C=O) groups is 3. The van der Waals surface area contributed by atoms with Crippen LogP contribution >= 0.6 is 11.8 Å². The number of nitrogens with one attached hydrogen (secondary N) is 1. The molecule has 1 N–H and O–H groups in total. The number of hydrogen-bond acceptors (Lipinski definition) is 4. The first-order chi connectivity index (χ1) is 14.9. The van der Waals surface area contributed by atoms with Gasteiger partial charge in [-0.2, -0.15) is 0 Å². The second-order valence-electron chi connectivity index (χ2n) is 7.42. The molecule has 0 saturated carbocycles. The zero-order valence-corrected chi connectivity index (χ0v) is 17.6. The van der Waals surface area contributed by atoms with Crippen molar-refractivity contribution < 1.29 is 23.2 Å². The van der Waals surface area contributed by atoms with Gasteiger partial charge in [0.1, 0.15) is 29.1 Å². The van der Waals surface area contributed by atoms with Gasteiger partial charge in [-0.1, -0.05) is 37.3 Å². The molecule has 2 aliphatic heterocycles. The van der Waals surface area contributed by atoms with E-state index in [2.05, 4.69) is 5.32 Å². The molecule has 0 radical (unpaired) electrons. The number of benzene rings is 2. The molecule has 162 valence electrons. The van der Waals surface area contributed by atoms with E-state index in [9.17, 15) is 23.2 Å². The van der Waals surface area contributed by atoms with Crippen LogP contribution in [-0.4, -0.2) is 46.5 Å². The first-order valence-corrected chi connectivity index (χ1v) is 11.0. The van der Waals surface area contributed by atoms with Crippen LogP contribution < -0.4 is 5.32 Å². The van der Waals surface area contributed by atoms with Crippen LogP contribution in [0.3, 0.4) is 0 Å². The summed E-state index contributed by atoms with van der Waals surface area (Å²) in [6.45, 7) is 1.68. The standard InChI is InChI=1S/C22H21F2N3O3S/c1-2-22(14-7-9-15(23)10-8-14)20(29)27(21(30)25-22)13-18(28)26-11-12-31-19(26)16-5-3-4-6-17(16)24/h3-10,19H,2,11-13H2,1H3,(H,25,30)/t19-,22+/m1/s1. The minimum absolute atomic E-state index is 0.241. The largest absolute Gasteiger partial charge is 0.325 e. The van der Waals surface area contributed by atoms with Crippen LogP contribution in [0.15, 0.2) is 48.5 Å². The van der Waals surface area contributed by atoms with Crippen molar-refractivity contribution in [3.8, 4) is 0 Å². The van der Waals surface area contributed by atoms with E-state index in [1.807, 2.05) is 0 Å². The molecule has 6 nitrogen and oxygen atoms in total. The van der Waals surface area contributed by atoms with Gasteiger partial charge in [0, 0.05) is 17.9 Å². The fourth-order valence-electron chi connectivity index (χ4n) is 4.03. The molecule has 0 spiro atoms. The Kier molecular flexibility index (Phi) is 5.70. The van der Waals surface area contributed by atoms with Gasteiger partial charge in [-0.25, -0.2) is 13.6 Å². The second kappa shape index (κ2) is 8.30. The minimum atomic E-state index is -1.35. The van der Waals surface area contributed by atoms with E-state index in [4.69, 9.17) is 0 Å². The van der Waals surface area contributed by atoms with Gasteiger partial charge in [0.25, 0.3) is 5.91 Å². The number of nitrogens with zero attached hydrogens (tertiary/aromatic N) is 2. The van der Waals surface area contributed by atoms with Gasteiger partial charge in [0.05, 0.1) is 0 Å². The quantitative estimate of drug-likeness (QED) is 0.717. The fourth-order valence-corrected chi connectivity index (χ4v) is 5.33. The summed E-state index contributed by atoms with van der Waals surface area (Å²) >= 11 is 1.43. The van der Waals surface area contributed by atoms with Crippen molar-refractivity contribution in [1.82, 2.24) is 15.1 Å².